The molecule has 0 aliphatic carbocycles. The van der Waals surface area contributed by atoms with Crippen LogP contribution in [0, 0.1) is 0 Å². The maximum absolute atomic E-state index is 12.9. The van der Waals surface area contributed by atoms with Crippen LogP contribution < -0.4 is 5.73 Å². The summed E-state index contributed by atoms with van der Waals surface area (Å²) < 4.78 is 7.32. The molecule has 0 radical (unpaired) electrons. The summed E-state index contributed by atoms with van der Waals surface area (Å²) in [6, 6.07) is 5.42. The predicted molar refractivity (Wildman–Crippen MR) is 83.3 cm³/mol. The minimum absolute atomic E-state index is 0.0276. The second kappa shape index (κ2) is 5.96. The Kier molecular flexibility index (Phi) is 3.99. The lowest BCUT2D eigenvalue weighted by Gasteiger charge is -2.37. The summed E-state index contributed by atoms with van der Waals surface area (Å²) >= 11 is 0. The third kappa shape index (κ3) is 3.02. The molecule has 8 nitrogen and oxygen atoms in total. The molecule has 0 unspecified atom stereocenters. The Morgan fingerprint density at radius 2 is 2.26 bits per heavy atom. The molecule has 3 rings (SSSR count). The lowest BCUT2D eigenvalue weighted by Crippen LogP contribution is -2.51. The third-order valence-electron chi connectivity index (χ3n) is 3.99. The highest BCUT2D eigenvalue weighted by Gasteiger charge is 2.37. The maximum atomic E-state index is 12.9. The van der Waals surface area contributed by atoms with Gasteiger partial charge in [-0.3, -0.25) is 4.79 Å². The number of nitrogens with zero attached hydrogens (tertiary/aromatic N) is 5. The van der Waals surface area contributed by atoms with Gasteiger partial charge in [0.25, 0.3) is 0 Å². The van der Waals surface area contributed by atoms with Crippen molar-refractivity contribution in [2.45, 2.75) is 25.5 Å². The standard InChI is InChI=1S/C15H20N6O2/c1-15(2,21-10-17-9-18-21)14(22)20-6-7-23-12(8-20)11-4-3-5-13(16)19-11/h3-5,9-10,12H,6-8H2,1-2H3,(H2,16,19)/t12-/m0/s1. The number of nitrogen functional groups attached to an aromatic ring is 1. The van der Waals surface area contributed by atoms with Gasteiger partial charge in [-0.05, 0) is 26.0 Å². The number of ether oxygens (including phenoxy) is 1. The molecule has 1 atom stereocenters. The highest BCUT2D eigenvalue weighted by atomic mass is 16.5. The van der Waals surface area contributed by atoms with Crippen LogP contribution >= 0.6 is 0 Å². The molecule has 122 valence electrons. The van der Waals surface area contributed by atoms with Gasteiger partial charge >= 0.3 is 0 Å². The number of amides is 1. The van der Waals surface area contributed by atoms with Crippen molar-refractivity contribution in [3.05, 3.63) is 36.5 Å². The molecule has 1 aliphatic rings. The zero-order valence-electron chi connectivity index (χ0n) is 13.2. The quantitative estimate of drug-likeness (QED) is 0.890. The largest absolute Gasteiger partial charge is 0.384 e. The maximum Gasteiger partial charge on any atom is 0.250 e. The highest BCUT2D eigenvalue weighted by Crippen LogP contribution is 2.25. The van der Waals surface area contributed by atoms with Crippen molar-refractivity contribution in [1.82, 2.24) is 24.6 Å². The normalized spacial score (nSPS) is 18.9. The lowest BCUT2D eigenvalue weighted by molar-refractivity contribution is -0.147. The Labute approximate surface area is 134 Å². The Bertz CT molecular complexity index is 685. The van der Waals surface area contributed by atoms with Crippen LogP contribution in [0.5, 0.6) is 0 Å². The first-order valence-corrected chi connectivity index (χ1v) is 7.47. The number of anilines is 1. The number of morpholine rings is 1. The van der Waals surface area contributed by atoms with Crippen molar-refractivity contribution in [3.63, 3.8) is 0 Å². The topological polar surface area (TPSA) is 99.2 Å². The Balaban J connectivity index is 1.77. The van der Waals surface area contributed by atoms with Gasteiger partial charge in [-0.1, -0.05) is 6.07 Å². The minimum Gasteiger partial charge on any atom is -0.384 e. The van der Waals surface area contributed by atoms with Crippen LogP contribution in [0.3, 0.4) is 0 Å². The van der Waals surface area contributed by atoms with Crippen molar-refractivity contribution in [1.29, 1.82) is 0 Å². The van der Waals surface area contributed by atoms with Gasteiger partial charge in [0, 0.05) is 6.54 Å². The zero-order chi connectivity index (χ0) is 16.4. The molecule has 8 heteroatoms. The lowest BCUT2D eigenvalue weighted by atomic mass is 10.0. The molecule has 1 amide bonds. The van der Waals surface area contributed by atoms with E-state index < -0.39 is 5.54 Å². The average molecular weight is 316 g/mol. The fraction of sp³-hybridized carbons (Fsp3) is 0.467. The van der Waals surface area contributed by atoms with E-state index >= 15 is 0 Å². The van der Waals surface area contributed by atoms with E-state index in [0.717, 1.165) is 5.69 Å². The Morgan fingerprint density at radius 1 is 1.43 bits per heavy atom. The van der Waals surface area contributed by atoms with E-state index in [9.17, 15) is 4.79 Å². The second-order valence-corrected chi connectivity index (χ2v) is 6.00. The van der Waals surface area contributed by atoms with Crippen LogP contribution in [0.25, 0.3) is 0 Å². The van der Waals surface area contributed by atoms with Crippen molar-refractivity contribution >= 4 is 11.7 Å². The van der Waals surface area contributed by atoms with Crippen LogP contribution in [0.4, 0.5) is 5.82 Å². The number of hydrogen-bond donors (Lipinski definition) is 1. The van der Waals surface area contributed by atoms with Crippen molar-refractivity contribution in [2.75, 3.05) is 25.4 Å². The van der Waals surface area contributed by atoms with Crippen LogP contribution in [-0.2, 0) is 15.1 Å². The number of aromatic nitrogens is 4. The highest BCUT2D eigenvalue weighted by molar-refractivity contribution is 5.83. The summed E-state index contributed by atoms with van der Waals surface area (Å²) in [5.74, 6) is 0.415. The van der Waals surface area contributed by atoms with E-state index in [1.807, 2.05) is 26.0 Å². The molecule has 2 aromatic heterocycles. The fourth-order valence-electron chi connectivity index (χ4n) is 2.64. The molecule has 0 aromatic carbocycles. The SMILES string of the molecule is CC(C)(C(=O)N1CCO[C@H](c2cccc(N)n2)C1)n1cncn1. The molecule has 0 saturated carbocycles. The monoisotopic (exact) mass is 316 g/mol. The van der Waals surface area contributed by atoms with Crippen molar-refractivity contribution in [2.24, 2.45) is 0 Å². The van der Waals surface area contributed by atoms with Gasteiger partial charge in [-0.2, -0.15) is 5.10 Å². The Morgan fingerprint density at radius 3 is 2.96 bits per heavy atom. The molecule has 1 aliphatic heterocycles. The Hall–Kier alpha value is -2.48. The van der Waals surface area contributed by atoms with E-state index in [2.05, 4.69) is 15.1 Å². The molecule has 3 heterocycles. The summed E-state index contributed by atoms with van der Waals surface area (Å²) in [7, 11) is 0. The van der Waals surface area contributed by atoms with Crippen molar-refractivity contribution < 1.29 is 9.53 Å². The second-order valence-electron chi connectivity index (χ2n) is 6.00. The van der Waals surface area contributed by atoms with Gasteiger partial charge < -0.3 is 15.4 Å². The summed E-state index contributed by atoms with van der Waals surface area (Å²) in [6.45, 7) is 5.09. The van der Waals surface area contributed by atoms with Crippen LogP contribution in [-0.4, -0.2) is 50.3 Å². The molecule has 23 heavy (non-hydrogen) atoms. The summed E-state index contributed by atoms with van der Waals surface area (Å²) in [6.07, 6.45) is 2.70. The average Bonchev–Trinajstić information content (AvgIpc) is 3.09. The number of pyridine rings is 1. The van der Waals surface area contributed by atoms with Gasteiger partial charge in [0.05, 0.1) is 18.8 Å². The first kappa shape index (κ1) is 15.4. The van der Waals surface area contributed by atoms with Crippen LogP contribution in [0.2, 0.25) is 0 Å². The van der Waals surface area contributed by atoms with E-state index in [1.54, 1.807) is 22.0 Å². The van der Waals surface area contributed by atoms with E-state index in [1.165, 1.54) is 6.33 Å². The molecular formula is C15H20N6O2. The number of hydrogen-bond acceptors (Lipinski definition) is 6. The molecule has 1 saturated heterocycles. The summed E-state index contributed by atoms with van der Waals surface area (Å²) in [5, 5.41) is 4.09. The molecule has 2 N–H and O–H groups in total. The van der Waals surface area contributed by atoms with Crippen LogP contribution in [0.1, 0.15) is 25.6 Å². The first-order chi connectivity index (χ1) is 11.0. The van der Waals surface area contributed by atoms with E-state index in [0.29, 0.717) is 25.5 Å². The number of nitrogens with two attached hydrogens (primary N) is 1. The summed E-state index contributed by atoms with van der Waals surface area (Å²) in [5.41, 5.74) is 5.66. The minimum atomic E-state index is -0.804. The fourth-order valence-corrected chi connectivity index (χ4v) is 2.64. The first-order valence-electron chi connectivity index (χ1n) is 7.47. The van der Waals surface area contributed by atoms with Crippen LogP contribution in [0.15, 0.2) is 30.9 Å². The molecule has 0 spiro atoms. The van der Waals surface area contributed by atoms with Gasteiger partial charge in [0.2, 0.25) is 5.91 Å². The molecule has 0 bridgehead atoms. The van der Waals surface area contributed by atoms with E-state index in [4.69, 9.17) is 10.5 Å². The summed E-state index contributed by atoms with van der Waals surface area (Å²) in [4.78, 5) is 22.9. The van der Waals surface area contributed by atoms with Gasteiger partial charge in [0.1, 0.15) is 30.1 Å². The van der Waals surface area contributed by atoms with Gasteiger partial charge in [-0.15, -0.1) is 0 Å². The smallest absolute Gasteiger partial charge is 0.250 e. The van der Waals surface area contributed by atoms with E-state index in [-0.39, 0.29) is 12.0 Å². The third-order valence-corrected chi connectivity index (χ3v) is 3.99. The molecule has 2 aromatic rings. The van der Waals surface area contributed by atoms with Gasteiger partial charge in [-0.25, -0.2) is 14.6 Å². The van der Waals surface area contributed by atoms with Gasteiger partial charge in [0.15, 0.2) is 0 Å². The zero-order valence-corrected chi connectivity index (χ0v) is 13.2. The molecule has 1 fully saturated rings. The van der Waals surface area contributed by atoms with Crippen molar-refractivity contribution in [3.8, 4) is 0 Å². The number of carbonyl (C=O) groups excluding carboxylic acids is 1. The predicted octanol–water partition coefficient (Wildman–Crippen LogP) is 0.590. The molecular weight excluding hydrogens is 296 g/mol. The number of carbonyl (C=O) groups is 1. The number of rotatable bonds is 3.